The lowest BCUT2D eigenvalue weighted by atomic mass is 9.80. The Kier molecular flexibility index (Phi) is 6.40. The first-order chi connectivity index (χ1) is 15.0. The number of amidine groups is 1. The van der Waals surface area contributed by atoms with E-state index in [0.29, 0.717) is 17.8 Å². The average Bonchev–Trinajstić information content (AvgIpc) is 3.15. The fourth-order valence-electron chi connectivity index (χ4n) is 3.23. The molecule has 0 unspecified atom stereocenters. The molecule has 3 rings (SSSR count). The maximum atomic E-state index is 12.9. The van der Waals surface area contributed by atoms with Gasteiger partial charge < -0.3 is 21.0 Å². The summed E-state index contributed by atoms with van der Waals surface area (Å²) in [5.41, 5.74) is 3.12. The summed E-state index contributed by atoms with van der Waals surface area (Å²) in [6.45, 7) is 4.11. The number of nitrogens with one attached hydrogen (secondary N) is 2. The number of hydrogen-bond acceptors (Lipinski definition) is 5. The van der Waals surface area contributed by atoms with Gasteiger partial charge in [0.15, 0.2) is 5.82 Å². The highest BCUT2D eigenvalue weighted by atomic mass is 19.4. The van der Waals surface area contributed by atoms with Crippen LogP contribution in [0.4, 0.5) is 19.0 Å². The summed E-state index contributed by atoms with van der Waals surface area (Å²) < 4.78 is 39.8. The summed E-state index contributed by atoms with van der Waals surface area (Å²) in [4.78, 5) is 16.7. The first-order valence-electron chi connectivity index (χ1n) is 9.75. The Balaban J connectivity index is 1.70. The van der Waals surface area contributed by atoms with E-state index in [2.05, 4.69) is 34.7 Å². The van der Waals surface area contributed by atoms with Gasteiger partial charge in [0.05, 0.1) is 11.8 Å². The molecule has 2 aromatic heterocycles. The van der Waals surface area contributed by atoms with Crippen molar-refractivity contribution in [3.8, 4) is 0 Å². The Morgan fingerprint density at radius 2 is 1.75 bits per heavy atom. The highest BCUT2D eigenvalue weighted by molar-refractivity contribution is 6.03. The number of rotatable bonds is 6. The maximum Gasteiger partial charge on any atom is 0.417 e. The van der Waals surface area contributed by atoms with Crippen LogP contribution >= 0.6 is 0 Å². The minimum absolute atomic E-state index is 0.154. The molecule has 0 aliphatic heterocycles. The standard InChI is InChI=1S/C21H24F3N7O/c1-20(2,10-9-16(29-25)30-26)14-5-3-13(4-6-14)19(32)28-17-12-31-11-15(21(22,23)24)7-8-18(31)27-17/h3-8,11-12H,9-10,25-26H2,1-2H3,(H,28,32)(H,29,30). The Hall–Kier alpha value is -3.60. The first-order valence-corrected chi connectivity index (χ1v) is 9.75. The van der Waals surface area contributed by atoms with E-state index in [1.54, 1.807) is 12.1 Å². The molecule has 1 amide bonds. The van der Waals surface area contributed by atoms with Crippen LogP contribution < -0.4 is 22.4 Å². The van der Waals surface area contributed by atoms with E-state index in [4.69, 9.17) is 11.7 Å². The normalized spacial score (nSPS) is 12.8. The summed E-state index contributed by atoms with van der Waals surface area (Å²) in [5.74, 6) is 10.8. The minimum Gasteiger partial charge on any atom is -0.322 e. The first kappa shape index (κ1) is 23.1. The molecule has 2 heterocycles. The monoisotopic (exact) mass is 447 g/mol. The van der Waals surface area contributed by atoms with Crippen molar-refractivity contribution in [2.75, 3.05) is 5.32 Å². The summed E-state index contributed by atoms with van der Waals surface area (Å²) in [6.07, 6.45) is -0.916. The van der Waals surface area contributed by atoms with E-state index in [-0.39, 0.29) is 16.9 Å². The van der Waals surface area contributed by atoms with Gasteiger partial charge in [-0.05, 0) is 41.7 Å². The fourth-order valence-corrected chi connectivity index (χ4v) is 3.23. The van der Waals surface area contributed by atoms with Crippen LogP contribution in [0.1, 0.15) is 48.2 Å². The number of fused-ring (bicyclic) bond motifs is 1. The second kappa shape index (κ2) is 8.87. The number of amides is 1. The third kappa shape index (κ3) is 5.17. The molecule has 170 valence electrons. The van der Waals surface area contributed by atoms with Crippen LogP contribution in [0, 0.1) is 0 Å². The number of nitrogens with two attached hydrogens (primary N) is 2. The van der Waals surface area contributed by atoms with Crippen LogP contribution in [0.3, 0.4) is 0 Å². The molecule has 1 aromatic carbocycles. The molecule has 0 aliphatic carbocycles. The largest absolute Gasteiger partial charge is 0.417 e. The second-order valence-corrected chi connectivity index (χ2v) is 7.94. The summed E-state index contributed by atoms with van der Waals surface area (Å²) in [7, 11) is 0. The Morgan fingerprint density at radius 3 is 2.34 bits per heavy atom. The van der Waals surface area contributed by atoms with Gasteiger partial charge in [-0.15, -0.1) is 0 Å². The lowest BCUT2D eigenvalue weighted by Gasteiger charge is -2.25. The van der Waals surface area contributed by atoms with E-state index >= 15 is 0 Å². The predicted octanol–water partition coefficient (Wildman–Crippen LogP) is 3.40. The van der Waals surface area contributed by atoms with Crippen molar-refractivity contribution in [1.82, 2.24) is 14.8 Å². The second-order valence-electron chi connectivity index (χ2n) is 7.94. The van der Waals surface area contributed by atoms with Crippen LogP contribution in [0.25, 0.3) is 5.65 Å². The van der Waals surface area contributed by atoms with Gasteiger partial charge in [-0.3, -0.25) is 4.79 Å². The number of aromatic nitrogens is 2. The number of alkyl halides is 3. The van der Waals surface area contributed by atoms with Crippen molar-refractivity contribution in [2.24, 2.45) is 16.8 Å². The molecule has 11 heteroatoms. The van der Waals surface area contributed by atoms with Gasteiger partial charge in [-0.1, -0.05) is 26.0 Å². The van der Waals surface area contributed by atoms with Crippen molar-refractivity contribution in [3.05, 3.63) is 65.5 Å². The molecular weight excluding hydrogens is 423 g/mol. The van der Waals surface area contributed by atoms with Gasteiger partial charge in [0.1, 0.15) is 11.5 Å². The number of hydrazone groups is 1. The lowest BCUT2D eigenvalue weighted by Crippen LogP contribution is -2.32. The molecule has 0 radical (unpaired) electrons. The summed E-state index contributed by atoms with van der Waals surface area (Å²) in [5, 5.41) is 6.19. The van der Waals surface area contributed by atoms with Gasteiger partial charge in [0, 0.05) is 18.2 Å². The topological polar surface area (TPSA) is 123 Å². The van der Waals surface area contributed by atoms with Crippen LogP contribution in [0.15, 0.2) is 53.9 Å². The maximum absolute atomic E-state index is 12.9. The van der Waals surface area contributed by atoms with Crippen molar-refractivity contribution in [2.45, 2.75) is 38.3 Å². The Morgan fingerprint density at radius 1 is 1.09 bits per heavy atom. The predicted molar refractivity (Wildman–Crippen MR) is 116 cm³/mol. The number of nitrogens with zero attached hydrogens (tertiary/aromatic N) is 3. The van der Waals surface area contributed by atoms with E-state index in [9.17, 15) is 18.0 Å². The number of anilines is 1. The van der Waals surface area contributed by atoms with Crippen LogP contribution in [-0.2, 0) is 11.6 Å². The number of carbonyl (C=O) groups excluding carboxylic acids is 1. The van der Waals surface area contributed by atoms with Crippen LogP contribution in [0.5, 0.6) is 0 Å². The van der Waals surface area contributed by atoms with Gasteiger partial charge >= 0.3 is 6.18 Å². The fraction of sp³-hybridized carbons (Fsp3) is 0.286. The molecule has 0 aliphatic rings. The number of halogens is 3. The molecule has 32 heavy (non-hydrogen) atoms. The van der Waals surface area contributed by atoms with Crippen molar-refractivity contribution in [3.63, 3.8) is 0 Å². The summed E-state index contributed by atoms with van der Waals surface area (Å²) in [6, 6.07) is 9.26. The number of hydrazine groups is 1. The molecule has 0 saturated heterocycles. The van der Waals surface area contributed by atoms with E-state index in [1.807, 2.05) is 12.1 Å². The number of hydrogen-bond donors (Lipinski definition) is 4. The lowest BCUT2D eigenvalue weighted by molar-refractivity contribution is -0.137. The smallest absolute Gasteiger partial charge is 0.322 e. The van der Waals surface area contributed by atoms with Crippen molar-refractivity contribution in [1.29, 1.82) is 0 Å². The molecule has 3 aromatic rings. The van der Waals surface area contributed by atoms with Crippen LogP contribution in [-0.4, -0.2) is 21.1 Å². The Bertz CT molecular complexity index is 1130. The molecular formula is C21H24F3N7O. The zero-order valence-electron chi connectivity index (χ0n) is 17.6. The van der Waals surface area contributed by atoms with Gasteiger partial charge in [-0.2, -0.15) is 18.3 Å². The zero-order chi connectivity index (χ0) is 23.5. The molecule has 6 N–H and O–H groups in total. The van der Waals surface area contributed by atoms with Crippen molar-refractivity contribution < 1.29 is 18.0 Å². The minimum atomic E-state index is -4.46. The SMILES string of the molecule is CC(C)(CC/C(=N/N)NN)c1ccc(C(=O)Nc2cn3cc(C(F)(F)F)ccc3n2)cc1. The van der Waals surface area contributed by atoms with E-state index < -0.39 is 17.6 Å². The third-order valence-corrected chi connectivity index (χ3v) is 5.26. The Labute approximate surface area is 182 Å². The molecule has 0 atom stereocenters. The molecule has 0 fully saturated rings. The number of pyridine rings is 1. The van der Waals surface area contributed by atoms with Gasteiger partial charge in [-0.25, -0.2) is 10.8 Å². The highest BCUT2D eigenvalue weighted by Crippen LogP contribution is 2.30. The van der Waals surface area contributed by atoms with E-state index in [0.717, 1.165) is 24.2 Å². The zero-order valence-corrected chi connectivity index (χ0v) is 17.6. The number of imidazole rings is 1. The number of benzene rings is 1. The van der Waals surface area contributed by atoms with Crippen LogP contribution in [0.2, 0.25) is 0 Å². The quantitative estimate of drug-likeness (QED) is 0.200. The summed E-state index contributed by atoms with van der Waals surface area (Å²) >= 11 is 0. The van der Waals surface area contributed by atoms with E-state index in [1.165, 1.54) is 16.7 Å². The average molecular weight is 447 g/mol. The van der Waals surface area contributed by atoms with Gasteiger partial charge in [0.2, 0.25) is 0 Å². The molecule has 0 spiro atoms. The molecule has 0 bridgehead atoms. The third-order valence-electron chi connectivity index (χ3n) is 5.26. The molecule has 8 nitrogen and oxygen atoms in total. The van der Waals surface area contributed by atoms with Gasteiger partial charge in [0.25, 0.3) is 5.91 Å². The number of carbonyl (C=O) groups is 1. The highest BCUT2D eigenvalue weighted by Gasteiger charge is 2.31. The van der Waals surface area contributed by atoms with Crippen molar-refractivity contribution >= 4 is 23.2 Å². The molecule has 0 saturated carbocycles.